The highest BCUT2D eigenvalue weighted by Crippen LogP contribution is 2.58. The Hall–Kier alpha value is -0.0800. The quantitative estimate of drug-likeness (QED) is 0.740. The van der Waals surface area contributed by atoms with Crippen molar-refractivity contribution in [3.05, 3.63) is 0 Å². The van der Waals surface area contributed by atoms with Gasteiger partial charge in [0.05, 0.1) is 0 Å². The normalized spacial score (nSPS) is 34.8. The zero-order valence-corrected chi connectivity index (χ0v) is 9.73. The molecular weight excluding hydrogens is 184 g/mol. The van der Waals surface area contributed by atoms with E-state index in [1.807, 2.05) is 0 Å². The van der Waals surface area contributed by atoms with Crippen LogP contribution in [-0.4, -0.2) is 25.7 Å². The van der Waals surface area contributed by atoms with Gasteiger partial charge in [-0.15, -0.1) is 0 Å². The van der Waals surface area contributed by atoms with Crippen LogP contribution in [-0.2, 0) is 0 Å². The molecule has 2 saturated carbocycles. The molecule has 0 aromatic carbocycles. The second-order valence-corrected chi connectivity index (χ2v) is 5.90. The van der Waals surface area contributed by atoms with Crippen LogP contribution in [0.2, 0.25) is 0 Å². The maximum atomic E-state index is 3.79. The topological polar surface area (TPSA) is 24.1 Å². The number of hydrogen-bond donors (Lipinski definition) is 2. The summed E-state index contributed by atoms with van der Waals surface area (Å²) in [7, 11) is 0. The largest absolute Gasteiger partial charge is 0.317 e. The summed E-state index contributed by atoms with van der Waals surface area (Å²) >= 11 is 0. The van der Waals surface area contributed by atoms with E-state index in [9.17, 15) is 0 Å². The maximum absolute atomic E-state index is 3.79. The van der Waals surface area contributed by atoms with Gasteiger partial charge >= 0.3 is 0 Å². The highest BCUT2D eigenvalue weighted by molar-refractivity contribution is 5.05. The second-order valence-electron chi connectivity index (χ2n) is 5.90. The monoisotopic (exact) mass is 208 g/mol. The zero-order valence-electron chi connectivity index (χ0n) is 9.73. The Bertz CT molecular complexity index is 215. The zero-order chi connectivity index (χ0) is 10.1. The first-order chi connectivity index (χ1) is 7.39. The summed E-state index contributed by atoms with van der Waals surface area (Å²) in [6.07, 6.45) is 10.2. The molecule has 1 atom stereocenters. The molecule has 1 spiro atoms. The molecule has 1 saturated heterocycles. The van der Waals surface area contributed by atoms with Crippen LogP contribution >= 0.6 is 0 Å². The molecule has 1 heterocycles. The van der Waals surface area contributed by atoms with Crippen molar-refractivity contribution >= 4 is 0 Å². The van der Waals surface area contributed by atoms with Crippen molar-refractivity contribution in [3.63, 3.8) is 0 Å². The third-order valence-corrected chi connectivity index (χ3v) is 4.97. The predicted octanol–water partition coefficient (Wildman–Crippen LogP) is 1.91. The average molecular weight is 208 g/mol. The SMILES string of the molecule is C1CCC(NCC2CC23CCNCC3)C1. The lowest BCUT2D eigenvalue weighted by atomic mass is 9.92. The van der Waals surface area contributed by atoms with Crippen LogP contribution in [0.1, 0.15) is 44.9 Å². The summed E-state index contributed by atoms with van der Waals surface area (Å²) in [5.74, 6) is 1.01. The van der Waals surface area contributed by atoms with E-state index in [2.05, 4.69) is 10.6 Å². The van der Waals surface area contributed by atoms with Crippen molar-refractivity contribution in [1.82, 2.24) is 10.6 Å². The number of hydrogen-bond acceptors (Lipinski definition) is 2. The van der Waals surface area contributed by atoms with E-state index in [0.717, 1.165) is 17.4 Å². The first-order valence-corrected chi connectivity index (χ1v) is 6.83. The molecule has 3 fully saturated rings. The minimum absolute atomic E-state index is 0.775. The molecule has 3 rings (SSSR count). The van der Waals surface area contributed by atoms with Gasteiger partial charge < -0.3 is 10.6 Å². The lowest BCUT2D eigenvalue weighted by Gasteiger charge is -2.24. The number of rotatable bonds is 3. The number of piperidine rings is 1. The fourth-order valence-electron chi connectivity index (χ4n) is 3.70. The third-order valence-electron chi connectivity index (χ3n) is 4.97. The minimum atomic E-state index is 0.775. The van der Waals surface area contributed by atoms with Gasteiger partial charge in [0, 0.05) is 6.04 Å². The number of nitrogens with one attached hydrogen (secondary N) is 2. The summed E-state index contributed by atoms with van der Waals surface area (Å²) in [6, 6.07) is 0.865. The highest BCUT2D eigenvalue weighted by atomic mass is 15.0. The lowest BCUT2D eigenvalue weighted by molar-refractivity contribution is 0.314. The van der Waals surface area contributed by atoms with Gasteiger partial charge in [0.2, 0.25) is 0 Å². The Labute approximate surface area is 93.2 Å². The summed E-state index contributed by atoms with van der Waals surface area (Å²) in [5, 5.41) is 7.27. The molecule has 2 N–H and O–H groups in total. The van der Waals surface area contributed by atoms with E-state index in [-0.39, 0.29) is 0 Å². The van der Waals surface area contributed by atoms with Gasteiger partial charge in [0.25, 0.3) is 0 Å². The molecule has 2 nitrogen and oxygen atoms in total. The van der Waals surface area contributed by atoms with E-state index in [1.54, 1.807) is 0 Å². The van der Waals surface area contributed by atoms with Crippen LogP contribution in [0, 0.1) is 11.3 Å². The van der Waals surface area contributed by atoms with E-state index in [0.29, 0.717) is 0 Å². The first kappa shape index (κ1) is 10.1. The van der Waals surface area contributed by atoms with Crippen molar-refractivity contribution in [2.75, 3.05) is 19.6 Å². The van der Waals surface area contributed by atoms with Gasteiger partial charge in [-0.25, -0.2) is 0 Å². The molecule has 1 unspecified atom stereocenters. The van der Waals surface area contributed by atoms with Crippen LogP contribution in [0.3, 0.4) is 0 Å². The standard InChI is InChI=1S/C13H24N2/c1-2-4-12(3-1)15-10-11-9-13(11)5-7-14-8-6-13/h11-12,14-15H,1-10H2. The van der Waals surface area contributed by atoms with Crippen LogP contribution in [0.25, 0.3) is 0 Å². The van der Waals surface area contributed by atoms with E-state index in [4.69, 9.17) is 0 Å². The molecular formula is C13H24N2. The highest BCUT2D eigenvalue weighted by Gasteiger charge is 2.53. The summed E-state index contributed by atoms with van der Waals surface area (Å²) in [5.41, 5.74) is 0.775. The second kappa shape index (κ2) is 4.06. The fraction of sp³-hybridized carbons (Fsp3) is 1.00. The Balaban J connectivity index is 1.42. The summed E-state index contributed by atoms with van der Waals surface area (Å²) < 4.78 is 0. The van der Waals surface area contributed by atoms with E-state index in [1.165, 1.54) is 64.6 Å². The van der Waals surface area contributed by atoms with E-state index >= 15 is 0 Å². The fourth-order valence-corrected chi connectivity index (χ4v) is 3.70. The maximum Gasteiger partial charge on any atom is 0.00671 e. The Morgan fingerprint density at radius 2 is 1.87 bits per heavy atom. The Morgan fingerprint density at radius 3 is 2.60 bits per heavy atom. The van der Waals surface area contributed by atoms with Gasteiger partial charge in [-0.3, -0.25) is 0 Å². The van der Waals surface area contributed by atoms with Crippen LogP contribution in [0.15, 0.2) is 0 Å². The van der Waals surface area contributed by atoms with Crippen molar-refractivity contribution in [2.24, 2.45) is 11.3 Å². The summed E-state index contributed by atoms with van der Waals surface area (Å²) in [6.45, 7) is 3.84. The Kier molecular flexibility index (Phi) is 2.73. The molecule has 0 radical (unpaired) electrons. The molecule has 86 valence electrons. The van der Waals surface area contributed by atoms with Crippen LogP contribution in [0.4, 0.5) is 0 Å². The van der Waals surface area contributed by atoms with Gasteiger partial charge in [-0.1, -0.05) is 12.8 Å². The molecule has 1 aliphatic heterocycles. The van der Waals surface area contributed by atoms with E-state index < -0.39 is 0 Å². The molecule has 2 heteroatoms. The Morgan fingerprint density at radius 1 is 1.13 bits per heavy atom. The van der Waals surface area contributed by atoms with Crippen LogP contribution < -0.4 is 10.6 Å². The smallest absolute Gasteiger partial charge is 0.00671 e. The van der Waals surface area contributed by atoms with Gasteiger partial charge in [-0.2, -0.15) is 0 Å². The third kappa shape index (κ3) is 2.07. The van der Waals surface area contributed by atoms with Gasteiger partial charge in [0.15, 0.2) is 0 Å². The van der Waals surface area contributed by atoms with Crippen molar-refractivity contribution in [2.45, 2.75) is 51.0 Å². The summed E-state index contributed by atoms with van der Waals surface area (Å²) in [4.78, 5) is 0. The minimum Gasteiger partial charge on any atom is -0.317 e. The molecule has 2 aliphatic carbocycles. The molecule has 0 aromatic heterocycles. The average Bonchev–Trinajstić information content (AvgIpc) is 2.74. The van der Waals surface area contributed by atoms with Crippen molar-refractivity contribution < 1.29 is 0 Å². The van der Waals surface area contributed by atoms with Gasteiger partial charge in [0.1, 0.15) is 0 Å². The first-order valence-electron chi connectivity index (χ1n) is 6.83. The van der Waals surface area contributed by atoms with Crippen molar-refractivity contribution in [3.8, 4) is 0 Å². The van der Waals surface area contributed by atoms with Crippen molar-refractivity contribution in [1.29, 1.82) is 0 Å². The molecule has 0 bridgehead atoms. The molecule has 0 aromatic rings. The molecule has 3 aliphatic rings. The van der Waals surface area contributed by atoms with Crippen LogP contribution in [0.5, 0.6) is 0 Å². The molecule has 0 amide bonds. The lowest BCUT2D eigenvalue weighted by Crippen LogP contribution is -2.33. The predicted molar refractivity (Wildman–Crippen MR) is 62.9 cm³/mol. The van der Waals surface area contributed by atoms with Gasteiger partial charge in [-0.05, 0) is 63.1 Å². The molecule has 15 heavy (non-hydrogen) atoms.